The van der Waals surface area contributed by atoms with Gasteiger partial charge in [-0.1, -0.05) is 29.8 Å². The van der Waals surface area contributed by atoms with Crippen molar-refractivity contribution in [2.45, 2.75) is 26.8 Å². The summed E-state index contributed by atoms with van der Waals surface area (Å²) in [6.45, 7) is 6.19. The number of benzene rings is 1. The van der Waals surface area contributed by atoms with Crippen LogP contribution in [0.15, 0.2) is 42.6 Å². The van der Waals surface area contributed by atoms with E-state index < -0.39 is 0 Å². The van der Waals surface area contributed by atoms with E-state index in [-0.39, 0.29) is 6.04 Å². The highest BCUT2D eigenvalue weighted by atomic mass is 32.1. The number of pyridine rings is 1. The highest BCUT2D eigenvalue weighted by Crippen LogP contribution is 2.13. The summed E-state index contributed by atoms with van der Waals surface area (Å²) in [6, 6.07) is 12.5. The lowest BCUT2D eigenvalue weighted by Crippen LogP contribution is -2.31. The Bertz CT molecular complexity index is 593. The zero-order valence-corrected chi connectivity index (χ0v) is 12.8. The lowest BCUT2D eigenvalue weighted by atomic mass is 10.1. The molecule has 4 heteroatoms. The third kappa shape index (κ3) is 4.03. The fourth-order valence-corrected chi connectivity index (χ4v) is 2.17. The van der Waals surface area contributed by atoms with E-state index in [1.165, 1.54) is 11.1 Å². The molecule has 0 radical (unpaired) electrons. The van der Waals surface area contributed by atoms with Crippen LogP contribution >= 0.6 is 12.2 Å². The quantitative estimate of drug-likeness (QED) is 0.842. The van der Waals surface area contributed by atoms with Crippen LogP contribution in [0.5, 0.6) is 0 Å². The fourth-order valence-electron chi connectivity index (χ4n) is 1.89. The molecule has 0 aliphatic heterocycles. The summed E-state index contributed by atoms with van der Waals surface area (Å²) < 4.78 is 0. The molecule has 2 aromatic rings. The zero-order chi connectivity index (χ0) is 14.5. The molecule has 2 N–H and O–H groups in total. The summed E-state index contributed by atoms with van der Waals surface area (Å²) >= 11 is 5.32. The Morgan fingerprint density at radius 1 is 1.10 bits per heavy atom. The van der Waals surface area contributed by atoms with E-state index in [0.29, 0.717) is 5.11 Å². The topological polar surface area (TPSA) is 37.0 Å². The highest BCUT2D eigenvalue weighted by Gasteiger charge is 2.07. The van der Waals surface area contributed by atoms with Gasteiger partial charge in [0.2, 0.25) is 0 Å². The first kappa shape index (κ1) is 14.5. The molecule has 1 aromatic carbocycles. The van der Waals surface area contributed by atoms with Gasteiger partial charge >= 0.3 is 0 Å². The second-order valence-electron chi connectivity index (χ2n) is 4.95. The number of hydrogen-bond acceptors (Lipinski definition) is 2. The number of thiocarbonyl (C=S) groups is 1. The average Bonchev–Trinajstić information content (AvgIpc) is 2.39. The number of rotatable bonds is 3. The molecule has 0 saturated carbocycles. The van der Waals surface area contributed by atoms with Crippen molar-refractivity contribution in [2.24, 2.45) is 0 Å². The van der Waals surface area contributed by atoms with Gasteiger partial charge in [-0.2, -0.15) is 0 Å². The van der Waals surface area contributed by atoms with Crippen LogP contribution in [-0.4, -0.2) is 10.1 Å². The van der Waals surface area contributed by atoms with Gasteiger partial charge in [-0.25, -0.2) is 4.98 Å². The molecule has 2 rings (SSSR count). The number of hydrogen-bond donors (Lipinski definition) is 2. The molecular formula is C16H19N3S. The second kappa shape index (κ2) is 6.48. The maximum Gasteiger partial charge on any atom is 0.172 e. The minimum atomic E-state index is 0.153. The number of nitrogens with one attached hydrogen (secondary N) is 2. The maximum atomic E-state index is 5.32. The van der Waals surface area contributed by atoms with Crippen LogP contribution in [0.3, 0.4) is 0 Å². The minimum absolute atomic E-state index is 0.153. The molecule has 0 bridgehead atoms. The Balaban J connectivity index is 1.95. The average molecular weight is 285 g/mol. The minimum Gasteiger partial charge on any atom is -0.356 e. The first-order valence-electron chi connectivity index (χ1n) is 6.61. The first-order chi connectivity index (χ1) is 9.54. The Hall–Kier alpha value is -1.94. The normalized spacial score (nSPS) is 11.8. The second-order valence-corrected chi connectivity index (χ2v) is 5.36. The van der Waals surface area contributed by atoms with Gasteiger partial charge < -0.3 is 10.6 Å². The molecule has 0 unspecified atom stereocenters. The maximum absolute atomic E-state index is 5.32. The lowest BCUT2D eigenvalue weighted by molar-refractivity contribution is 0.722. The van der Waals surface area contributed by atoms with Gasteiger partial charge in [0.05, 0.1) is 6.04 Å². The van der Waals surface area contributed by atoms with Crippen molar-refractivity contribution < 1.29 is 0 Å². The molecule has 0 saturated heterocycles. The van der Waals surface area contributed by atoms with Gasteiger partial charge in [0.25, 0.3) is 0 Å². The van der Waals surface area contributed by atoms with Crippen LogP contribution in [0, 0.1) is 13.8 Å². The predicted octanol–water partition coefficient (Wildman–Crippen LogP) is 3.75. The van der Waals surface area contributed by atoms with Gasteiger partial charge in [0.15, 0.2) is 5.11 Å². The largest absolute Gasteiger partial charge is 0.356 e. The molecule has 20 heavy (non-hydrogen) atoms. The molecule has 0 fully saturated rings. The van der Waals surface area contributed by atoms with E-state index in [9.17, 15) is 0 Å². The third-order valence-corrected chi connectivity index (χ3v) is 3.30. The van der Waals surface area contributed by atoms with Crippen molar-refractivity contribution in [3.05, 3.63) is 59.3 Å². The van der Waals surface area contributed by atoms with Gasteiger partial charge in [-0.05, 0) is 56.2 Å². The molecule has 1 atom stereocenters. The third-order valence-electron chi connectivity index (χ3n) is 3.08. The van der Waals surface area contributed by atoms with E-state index in [1.54, 1.807) is 6.20 Å². The van der Waals surface area contributed by atoms with Crippen molar-refractivity contribution in [3.8, 4) is 0 Å². The number of aryl methyl sites for hydroxylation is 2. The highest BCUT2D eigenvalue weighted by molar-refractivity contribution is 7.80. The van der Waals surface area contributed by atoms with Crippen molar-refractivity contribution in [1.29, 1.82) is 0 Å². The van der Waals surface area contributed by atoms with E-state index >= 15 is 0 Å². The summed E-state index contributed by atoms with van der Waals surface area (Å²) in [5, 5.41) is 6.95. The van der Waals surface area contributed by atoms with Crippen molar-refractivity contribution in [2.75, 3.05) is 5.32 Å². The summed E-state index contributed by atoms with van der Waals surface area (Å²) in [7, 11) is 0. The molecule has 3 nitrogen and oxygen atoms in total. The molecule has 0 aliphatic carbocycles. The fraction of sp³-hybridized carbons (Fsp3) is 0.250. The smallest absolute Gasteiger partial charge is 0.172 e. The van der Waals surface area contributed by atoms with Gasteiger partial charge in [-0.15, -0.1) is 0 Å². The Labute approximate surface area is 125 Å². The van der Waals surface area contributed by atoms with Crippen LogP contribution in [-0.2, 0) is 0 Å². The van der Waals surface area contributed by atoms with Gasteiger partial charge in [-0.3, -0.25) is 0 Å². The molecular weight excluding hydrogens is 266 g/mol. The van der Waals surface area contributed by atoms with Crippen molar-refractivity contribution in [3.63, 3.8) is 0 Å². The van der Waals surface area contributed by atoms with Gasteiger partial charge in [0, 0.05) is 6.20 Å². The lowest BCUT2D eigenvalue weighted by Gasteiger charge is -2.17. The van der Waals surface area contributed by atoms with Crippen LogP contribution in [0.2, 0.25) is 0 Å². The molecule has 0 spiro atoms. The molecule has 104 valence electrons. The SMILES string of the molecule is Cc1ccc([C@H](C)NC(=S)Nc2cc(C)ccn2)cc1. The number of nitrogens with zero attached hydrogens (tertiary/aromatic N) is 1. The summed E-state index contributed by atoms with van der Waals surface area (Å²) in [6.07, 6.45) is 1.77. The van der Waals surface area contributed by atoms with Crippen molar-refractivity contribution >= 4 is 23.1 Å². The summed E-state index contributed by atoms with van der Waals surface area (Å²) in [5.41, 5.74) is 3.61. The molecule has 1 heterocycles. The van der Waals surface area contributed by atoms with Crippen LogP contribution < -0.4 is 10.6 Å². The molecule has 0 aliphatic rings. The summed E-state index contributed by atoms with van der Waals surface area (Å²) in [4.78, 5) is 4.23. The number of aromatic nitrogens is 1. The zero-order valence-electron chi connectivity index (χ0n) is 12.0. The van der Waals surface area contributed by atoms with Crippen LogP contribution in [0.4, 0.5) is 5.82 Å². The van der Waals surface area contributed by atoms with Crippen molar-refractivity contribution in [1.82, 2.24) is 10.3 Å². The van der Waals surface area contributed by atoms with E-state index in [0.717, 1.165) is 11.4 Å². The molecule has 1 aromatic heterocycles. The van der Waals surface area contributed by atoms with E-state index in [2.05, 4.69) is 53.7 Å². The van der Waals surface area contributed by atoms with Crippen LogP contribution in [0.1, 0.15) is 29.7 Å². The number of anilines is 1. The van der Waals surface area contributed by atoms with Crippen LogP contribution in [0.25, 0.3) is 0 Å². The first-order valence-corrected chi connectivity index (χ1v) is 7.02. The monoisotopic (exact) mass is 285 g/mol. The van der Waals surface area contributed by atoms with E-state index in [4.69, 9.17) is 12.2 Å². The van der Waals surface area contributed by atoms with E-state index in [1.807, 2.05) is 19.1 Å². The predicted molar refractivity (Wildman–Crippen MR) is 87.9 cm³/mol. The Morgan fingerprint density at radius 3 is 2.45 bits per heavy atom. The Morgan fingerprint density at radius 2 is 1.80 bits per heavy atom. The standard InChI is InChI=1S/C16H19N3S/c1-11-4-6-14(7-5-11)13(3)18-16(20)19-15-10-12(2)8-9-17-15/h4-10,13H,1-3H3,(H2,17,18,19,20)/t13-/m0/s1. The Kier molecular flexibility index (Phi) is 4.69. The summed E-state index contributed by atoms with van der Waals surface area (Å²) in [5.74, 6) is 0.763. The van der Waals surface area contributed by atoms with Gasteiger partial charge in [0.1, 0.15) is 5.82 Å². The molecule has 0 amide bonds.